The molecule has 6 bridgehead atoms. The first-order valence-corrected chi connectivity index (χ1v) is 10.3. The molecule has 156 valence electrons. The van der Waals surface area contributed by atoms with Crippen LogP contribution in [0.15, 0.2) is 36.4 Å². The fourth-order valence-corrected chi connectivity index (χ4v) is 3.75. The van der Waals surface area contributed by atoms with E-state index in [9.17, 15) is 0 Å². The third-order valence-corrected chi connectivity index (χ3v) is 5.33. The molecule has 0 unspecified atom stereocenters. The van der Waals surface area contributed by atoms with E-state index in [-0.39, 0.29) is 0 Å². The molecule has 30 heavy (non-hydrogen) atoms. The fraction of sp³-hybridized carbons (Fsp3) is 0.375. The molecule has 4 rings (SSSR count). The Kier molecular flexibility index (Phi) is 6.12. The van der Waals surface area contributed by atoms with E-state index >= 15 is 0 Å². The molecule has 0 aliphatic carbocycles. The molecular weight excluding hydrogens is 378 g/mol. The number of aryl methyl sites for hydroxylation is 6. The molecule has 6 heteroatoms. The summed E-state index contributed by atoms with van der Waals surface area (Å²) in [4.78, 5) is 14.6. The molecule has 6 nitrogen and oxygen atoms in total. The quantitative estimate of drug-likeness (QED) is 0.664. The van der Waals surface area contributed by atoms with Gasteiger partial charge < -0.3 is 14.2 Å². The van der Waals surface area contributed by atoms with Crippen LogP contribution in [0.2, 0.25) is 0 Å². The molecule has 0 saturated carbocycles. The number of pyridine rings is 3. The number of methoxy groups -OCH3 is 3. The Morgan fingerprint density at radius 2 is 0.633 bits per heavy atom. The van der Waals surface area contributed by atoms with Crippen molar-refractivity contribution in [2.45, 2.75) is 38.5 Å². The van der Waals surface area contributed by atoms with Crippen molar-refractivity contribution in [1.82, 2.24) is 15.0 Å². The monoisotopic (exact) mass is 405 g/mol. The van der Waals surface area contributed by atoms with Gasteiger partial charge in [-0.25, -0.2) is 0 Å². The Morgan fingerprint density at radius 1 is 0.433 bits per heavy atom. The zero-order chi connectivity index (χ0) is 20.9. The van der Waals surface area contributed by atoms with Crippen LogP contribution in [0.5, 0.6) is 17.2 Å². The molecule has 0 atom stereocenters. The fourth-order valence-electron chi connectivity index (χ4n) is 3.75. The third kappa shape index (κ3) is 4.87. The SMILES string of the molecule is COc1cc2nc(c1)CCc1cc(OC)cc(n1)CCc1cc(OC)cc(n1)CC2. The second-order valence-electron chi connectivity index (χ2n) is 7.47. The minimum absolute atomic E-state index is 0.795. The van der Waals surface area contributed by atoms with Crippen molar-refractivity contribution in [3.8, 4) is 17.2 Å². The summed E-state index contributed by atoms with van der Waals surface area (Å²) >= 11 is 0. The Bertz CT molecular complexity index is 838. The minimum Gasteiger partial charge on any atom is -0.497 e. The third-order valence-electron chi connectivity index (χ3n) is 5.33. The summed E-state index contributed by atoms with van der Waals surface area (Å²) in [5, 5.41) is 0. The second-order valence-corrected chi connectivity index (χ2v) is 7.47. The van der Waals surface area contributed by atoms with Crippen LogP contribution in [0.1, 0.15) is 34.2 Å². The van der Waals surface area contributed by atoms with Crippen LogP contribution in [0.4, 0.5) is 0 Å². The summed E-state index contributed by atoms with van der Waals surface area (Å²) in [6, 6.07) is 12.0. The van der Waals surface area contributed by atoms with Gasteiger partial charge >= 0.3 is 0 Å². The molecule has 1 aliphatic rings. The first-order chi connectivity index (χ1) is 14.6. The van der Waals surface area contributed by atoms with Crippen molar-refractivity contribution in [3.63, 3.8) is 0 Å². The van der Waals surface area contributed by atoms with E-state index < -0.39 is 0 Å². The number of rotatable bonds is 3. The van der Waals surface area contributed by atoms with Gasteiger partial charge in [0.05, 0.1) is 21.3 Å². The van der Waals surface area contributed by atoms with Crippen molar-refractivity contribution in [2.75, 3.05) is 21.3 Å². The predicted octanol–water partition coefficient (Wildman–Crippen LogP) is 3.57. The lowest BCUT2D eigenvalue weighted by molar-refractivity contribution is 0.412. The molecule has 3 aromatic rings. The Morgan fingerprint density at radius 3 is 0.800 bits per heavy atom. The van der Waals surface area contributed by atoms with Crippen LogP contribution in [0.25, 0.3) is 0 Å². The summed E-state index contributed by atoms with van der Waals surface area (Å²) in [7, 11) is 5.07. The van der Waals surface area contributed by atoms with Crippen molar-refractivity contribution in [2.24, 2.45) is 0 Å². The number of hydrogen-bond acceptors (Lipinski definition) is 6. The molecule has 0 amide bonds. The standard InChI is InChI=1S/C24H27N3O3/c1-28-22-10-16-4-6-18-12-23(29-2)14-20(26-18)8-9-21-15-24(30-3)13-19(27-21)7-5-17(11-22)25-16/h10-15H,4-9H2,1-3H3. The van der Waals surface area contributed by atoms with E-state index in [1.165, 1.54) is 0 Å². The Labute approximate surface area is 177 Å². The molecule has 4 heterocycles. The van der Waals surface area contributed by atoms with Crippen molar-refractivity contribution >= 4 is 0 Å². The van der Waals surface area contributed by atoms with E-state index in [4.69, 9.17) is 29.2 Å². The zero-order valence-electron chi connectivity index (χ0n) is 17.8. The highest BCUT2D eigenvalue weighted by Crippen LogP contribution is 2.22. The van der Waals surface area contributed by atoms with Gasteiger partial charge in [0.15, 0.2) is 0 Å². The second kappa shape index (κ2) is 9.11. The number of hydrogen-bond donors (Lipinski definition) is 0. The van der Waals surface area contributed by atoms with Gasteiger partial charge in [0.2, 0.25) is 0 Å². The molecule has 0 fully saturated rings. The molecule has 0 aromatic carbocycles. The largest absolute Gasteiger partial charge is 0.497 e. The topological polar surface area (TPSA) is 66.4 Å². The molecule has 0 spiro atoms. The Hall–Kier alpha value is -3.15. The van der Waals surface area contributed by atoms with Crippen LogP contribution in [0, 0.1) is 0 Å². The lowest BCUT2D eigenvalue weighted by Gasteiger charge is -2.10. The van der Waals surface area contributed by atoms with Crippen LogP contribution < -0.4 is 14.2 Å². The maximum atomic E-state index is 5.51. The van der Waals surface area contributed by atoms with Crippen LogP contribution in [-0.4, -0.2) is 36.3 Å². The van der Waals surface area contributed by atoms with Gasteiger partial charge in [-0.15, -0.1) is 0 Å². The van der Waals surface area contributed by atoms with Crippen molar-refractivity contribution in [1.29, 1.82) is 0 Å². The number of fused-ring (bicyclic) bond motifs is 6. The van der Waals surface area contributed by atoms with Crippen LogP contribution >= 0.6 is 0 Å². The molecule has 0 N–H and O–H groups in total. The van der Waals surface area contributed by atoms with Crippen molar-refractivity contribution < 1.29 is 14.2 Å². The molecule has 0 saturated heterocycles. The lowest BCUT2D eigenvalue weighted by Crippen LogP contribution is -2.03. The van der Waals surface area contributed by atoms with E-state index in [0.717, 1.165) is 89.9 Å². The maximum Gasteiger partial charge on any atom is 0.122 e. The molecule has 1 aliphatic heterocycles. The summed E-state index contributed by atoms with van der Waals surface area (Å²) in [5.41, 5.74) is 6.03. The summed E-state index contributed by atoms with van der Waals surface area (Å²) < 4.78 is 16.5. The average Bonchev–Trinajstić information content (AvgIpc) is 2.79. The lowest BCUT2D eigenvalue weighted by atomic mass is 10.1. The average molecular weight is 405 g/mol. The van der Waals surface area contributed by atoms with Gasteiger partial charge in [0.25, 0.3) is 0 Å². The smallest absolute Gasteiger partial charge is 0.122 e. The summed E-state index contributed by atoms with van der Waals surface area (Å²) in [6.07, 6.45) is 4.77. The van der Waals surface area contributed by atoms with E-state index in [1.54, 1.807) is 21.3 Å². The highest BCUT2D eigenvalue weighted by atomic mass is 16.5. The first kappa shape index (κ1) is 20.1. The van der Waals surface area contributed by atoms with Gasteiger partial charge in [-0.3, -0.25) is 15.0 Å². The van der Waals surface area contributed by atoms with E-state index in [0.29, 0.717) is 0 Å². The van der Waals surface area contributed by atoms with Crippen LogP contribution in [-0.2, 0) is 38.5 Å². The van der Waals surface area contributed by atoms with Gasteiger partial charge in [-0.2, -0.15) is 0 Å². The normalized spacial score (nSPS) is 13.7. The summed E-state index contributed by atoms with van der Waals surface area (Å²) in [6.45, 7) is 0. The molecule has 3 aromatic heterocycles. The number of ether oxygens (including phenoxy) is 3. The van der Waals surface area contributed by atoms with Gasteiger partial charge in [-0.1, -0.05) is 0 Å². The Balaban J connectivity index is 1.75. The van der Waals surface area contributed by atoms with Gasteiger partial charge in [0, 0.05) is 70.6 Å². The van der Waals surface area contributed by atoms with Gasteiger partial charge in [-0.05, 0) is 38.5 Å². The molecular formula is C24H27N3O3. The summed E-state index contributed by atoms with van der Waals surface area (Å²) in [5.74, 6) is 2.49. The highest BCUT2D eigenvalue weighted by Gasteiger charge is 2.11. The predicted molar refractivity (Wildman–Crippen MR) is 115 cm³/mol. The van der Waals surface area contributed by atoms with E-state index in [2.05, 4.69) is 0 Å². The molecule has 0 radical (unpaired) electrons. The highest BCUT2D eigenvalue weighted by molar-refractivity contribution is 5.32. The van der Waals surface area contributed by atoms with Crippen LogP contribution in [0.3, 0.4) is 0 Å². The first-order valence-electron chi connectivity index (χ1n) is 10.3. The zero-order valence-corrected chi connectivity index (χ0v) is 17.8. The van der Waals surface area contributed by atoms with E-state index in [1.807, 2.05) is 36.4 Å². The number of nitrogens with zero attached hydrogens (tertiary/aromatic N) is 3. The van der Waals surface area contributed by atoms with Gasteiger partial charge in [0.1, 0.15) is 17.2 Å². The maximum absolute atomic E-state index is 5.51. The minimum atomic E-state index is 0.795. The van der Waals surface area contributed by atoms with Crippen molar-refractivity contribution in [3.05, 3.63) is 70.6 Å². The number of aromatic nitrogens is 3.